The van der Waals surface area contributed by atoms with Gasteiger partial charge in [0.05, 0.1) is 11.9 Å². The van der Waals surface area contributed by atoms with Crippen LogP contribution in [0.5, 0.6) is 0 Å². The van der Waals surface area contributed by atoms with Gasteiger partial charge in [-0.2, -0.15) is 0 Å². The average Bonchev–Trinajstić information content (AvgIpc) is 3.12. The summed E-state index contributed by atoms with van der Waals surface area (Å²) in [5.41, 5.74) is 1.74. The lowest BCUT2D eigenvalue weighted by atomic mass is 10.2. The molecule has 2 aromatic carbocycles. The first-order valence-corrected chi connectivity index (χ1v) is 11.4. The highest BCUT2D eigenvalue weighted by Crippen LogP contribution is 2.28. The number of carbonyl (C=O) groups excluding carboxylic acids is 1. The summed E-state index contributed by atoms with van der Waals surface area (Å²) < 4.78 is 52.1. The molecule has 30 heavy (non-hydrogen) atoms. The van der Waals surface area contributed by atoms with Gasteiger partial charge in [0, 0.05) is 11.6 Å². The fourth-order valence-corrected chi connectivity index (χ4v) is 4.65. The zero-order chi connectivity index (χ0) is 22.1. The van der Waals surface area contributed by atoms with E-state index in [0.717, 1.165) is 46.9 Å². The predicted molar refractivity (Wildman–Crippen MR) is 112 cm³/mol. The van der Waals surface area contributed by atoms with Gasteiger partial charge in [-0.15, -0.1) is 10.2 Å². The van der Waals surface area contributed by atoms with Crippen LogP contribution in [0.1, 0.15) is 12.5 Å². The second-order valence-corrected chi connectivity index (χ2v) is 9.44. The first kappa shape index (κ1) is 21.8. The van der Waals surface area contributed by atoms with Gasteiger partial charge >= 0.3 is 0 Å². The predicted octanol–water partition coefficient (Wildman–Crippen LogP) is 3.58. The summed E-state index contributed by atoms with van der Waals surface area (Å²) in [6.07, 6.45) is 0.873. The van der Waals surface area contributed by atoms with Crippen molar-refractivity contribution < 1.29 is 22.0 Å². The van der Waals surface area contributed by atoms with Crippen molar-refractivity contribution in [3.05, 3.63) is 59.7 Å². The summed E-state index contributed by atoms with van der Waals surface area (Å²) in [6.45, 7) is 3.29. The highest BCUT2D eigenvalue weighted by molar-refractivity contribution is 7.92. The van der Waals surface area contributed by atoms with Gasteiger partial charge in [0.2, 0.25) is 21.1 Å². The number of nitrogens with zero attached hydrogens (tertiary/aromatic N) is 3. The molecule has 158 valence electrons. The summed E-state index contributed by atoms with van der Waals surface area (Å²) in [4.78, 5) is 12.7. The van der Waals surface area contributed by atoms with Crippen LogP contribution < -0.4 is 9.62 Å². The Labute approximate surface area is 176 Å². The Hall–Kier alpha value is -2.92. The molecule has 0 bridgehead atoms. The van der Waals surface area contributed by atoms with E-state index in [1.807, 2.05) is 31.2 Å². The van der Waals surface area contributed by atoms with Crippen molar-refractivity contribution in [2.75, 3.05) is 15.9 Å². The third-order valence-electron chi connectivity index (χ3n) is 4.20. The molecule has 0 saturated carbocycles. The second kappa shape index (κ2) is 8.44. The minimum Gasteiger partial charge on any atom is -0.299 e. The summed E-state index contributed by atoms with van der Waals surface area (Å²) in [5.74, 6) is -3.04. The fraction of sp³-hybridized carbons (Fsp3) is 0.211. The maximum absolute atomic E-state index is 13.6. The molecule has 3 rings (SSSR count). The Bertz CT molecular complexity index is 1180. The number of nitrogens with one attached hydrogen (secondary N) is 1. The molecule has 0 aliphatic heterocycles. The molecule has 0 aliphatic rings. The van der Waals surface area contributed by atoms with E-state index in [1.165, 1.54) is 6.92 Å². The van der Waals surface area contributed by atoms with E-state index in [4.69, 9.17) is 0 Å². The van der Waals surface area contributed by atoms with Crippen LogP contribution in [0.15, 0.2) is 42.5 Å². The van der Waals surface area contributed by atoms with Gasteiger partial charge in [0.15, 0.2) is 11.6 Å². The standard InChI is InChI=1S/C19H18F2N4O3S2/c1-11-4-6-13(7-5-11)18-23-24-19(29-18)22-17(26)12(2)25(30(3,27)28)14-8-9-15(20)16(21)10-14/h4-10,12H,1-3H3,(H,22,24,26). The molecule has 7 nitrogen and oxygen atoms in total. The first-order valence-electron chi connectivity index (χ1n) is 8.72. The third-order valence-corrected chi connectivity index (χ3v) is 6.33. The Balaban J connectivity index is 1.82. The summed E-state index contributed by atoms with van der Waals surface area (Å²) in [6, 6.07) is 8.94. The smallest absolute Gasteiger partial charge is 0.249 e. The number of halogens is 2. The van der Waals surface area contributed by atoms with Gasteiger partial charge in [-0.05, 0) is 26.0 Å². The Kier molecular flexibility index (Phi) is 6.13. The first-order chi connectivity index (χ1) is 14.1. The number of aryl methyl sites for hydroxylation is 1. The van der Waals surface area contributed by atoms with Crippen LogP contribution in [0.25, 0.3) is 10.6 Å². The monoisotopic (exact) mass is 452 g/mol. The van der Waals surface area contributed by atoms with Gasteiger partial charge in [-0.1, -0.05) is 41.2 Å². The van der Waals surface area contributed by atoms with Crippen molar-refractivity contribution in [3.63, 3.8) is 0 Å². The Morgan fingerprint density at radius 1 is 1.10 bits per heavy atom. The number of anilines is 2. The lowest BCUT2D eigenvalue weighted by Gasteiger charge is -2.27. The lowest BCUT2D eigenvalue weighted by Crippen LogP contribution is -2.45. The van der Waals surface area contributed by atoms with E-state index in [0.29, 0.717) is 9.31 Å². The molecule has 1 N–H and O–H groups in total. The van der Waals surface area contributed by atoms with Crippen LogP contribution in [0.2, 0.25) is 0 Å². The highest BCUT2D eigenvalue weighted by atomic mass is 32.2. The van der Waals surface area contributed by atoms with Gasteiger partial charge in [0.25, 0.3) is 0 Å². The topological polar surface area (TPSA) is 92.3 Å². The zero-order valence-corrected chi connectivity index (χ0v) is 17.9. The van der Waals surface area contributed by atoms with Gasteiger partial charge in [-0.3, -0.25) is 14.4 Å². The molecule has 1 amide bonds. The molecule has 1 heterocycles. The van der Waals surface area contributed by atoms with E-state index in [9.17, 15) is 22.0 Å². The lowest BCUT2D eigenvalue weighted by molar-refractivity contribution is -0.116. The quantitative estimate of drug-likeness (QED) is 0.617. The molecule has 1 unspecified atom stereocenters. The van der Waals surface area contributed by atoms with Crippen molar-refractivity contribution in [3.8, 4) is 10.6 Å². The molecule has 1 atom stereocenters. The molecule has 0 radical (unpaired) electrons. The van der Waals surface area contributed by atoms with Crippen molar-refractivity contribution in [1.29, 1.82) is 0 Å². The average molecular weight is 453 g/mol. The van der Waals surface area contributed by atoms with E-state index in [-0.39, 0.29) is 10.8 Å². The fourth-order valence-electron chi connectivity index (χ4n) is 2.73. The molecule has 11 heteroatoms. The van der Waals surface area contributed by atoms with Crippen molar-refractivity contribution in [1.82, 2.24) is 10.2 Å². The van der Waals surface area contributed by atoms with Crippen molar-refractivity contribution >= 4 is 38.1 Å². The molecule has 0 aliphatic carbocycles. The van der Waals surface area contributed by atoms with Crippen LogP contribution in [0.3, 0.4) is 0 Å². The molecule has 0 saturated heterocycles. The molecule has 0 spiro atoms. The number of aromatic nitrogens is 2. The molecular weight excluding hydrogens is 434 g/mol. The molecular formula is C19H18F2N4O3S2. The number of hydrogen-bond donors (Lipinski definition) is 1. The number of benzene rings is 2. The Morgan fingerprint density at radius 3 is 2.37 bits per heavy atom. The van der Waals surface area contributed by atoms with Gasteiger partial charge in [0.1, 0.15) is 11.0 Å². The van der Waals surface area contributed by atoms with E-state index >= 15 is 0 Å². The van der Waals surface area contributed by atoms with Crippen LogP contribution in [0, 0.1) is 18.6 Å². The van der Waals surface area contributed by atoms with Crippen LogP contribution in [-0.2, 0) is 14.8 Å². The number of carbonyl (C=O) groups is 1. The Morgan fingerprint density at radius 2 is 1.77 bits per heavy atom. The van der Waals surface area contributed by atoms with E-state index in [1.54, 1.807) is 0 Å². The van der Waals surface area contributed by atoms with E-state index < -0.39 is 33.6 Å². The number of hydrogen-bond acceptors (Lipinski definition) is 6. The molecule has 0 fully saturated rings. The summed E-state index contributed by atoms with van der Waals surface area (Å²) in [5, 5.41) is 11.2. The van der Waals surface area contributed by atoms with Crippen LogP contribution >= 0.6 is 11.3 Å². The minimum atomic E-state index is -3.98. The maximum Gasteiger partial charge on any atom is 0.249 e. The van der Waals surface area contributed by atoms with Crippen LogP contribution in [-0.4, -0.2) is 36.8 Å². The third kappa shape index (κ3) is 4.79. The van der Waals surface area contributed by atoms with Gasteiger partial charge < -0.3 is 0 Å². The largest absolute Gasteiger partial charge is 0.299 e. The van der Waals surface area contributed by atoms with Crippen LogP contribution in [0.4, 0.5) is 19.6 Å². The number of sulfonamides is 1. The minimum absolute atomic E-state index is 0.170. The van der Waals surface area contributed by atoms with Gasteiger partial charge in [-0.25, -0.2) is 17.2 Å². The summed E-state index contributed by atoms with van der Waals surface area (Å²) >= 11 is 1.13. The van der Waals surface area contributed by atoms with Crippen molar-refractivity contribution in [2.24, 2.45) is 0 Å². The zero-order valence-electron chi connectivity index (χ0n) is 16.3. The number of rotatable bonds is 6. The number of amides is 1. The second-order valence-electron chi connectivity index (χ2n) is 6.60. The SMILES string of the molecule is Cc1ccc(-c2nnc(NC(=O)C(C)N(c3ccc(F)c(F)c3)S(C)(=O)=O)s2)cc1. The molecule has 1 aromatic heterocycles. The summed E-state index contributed by atoms with van der Waals surface area (Å²) in [7, 11) is -3.98. The van der Waals surface area contributed by atoms with E-state index in [2.05, 4.69) is 15.5 Å². The molecule has 3 aromatic rings. The normalized spacial score (nSPS) is 12.4. The van der Waals surface area contributed by atoms with Crippen molar-refractivity contribution in [2.45, 2.75) is 19.9 Å². The highest BCUT2D eigenvalue weighted by Gasteiger charge is 2.30. The maximum atomic E-state index is 13.6.